The quantitative estimate of drug-likeness (QED) is 0.191. The smallest absolute Gasteiger partial charge is 0.273 e. The number of carbonyl (C=O) groups excluding carboxylic acids is 1. The molecule has 0 bridgehead atoms. The number of rotatable bonds is 15. The van der Waals surface area contributed by atoms with E-state index in [1.807, 2.05) is 0 Å². The fraction of sp³-hybridized carbons (Fsp3) is 0.941. The summed E-state index contributed by atoms with van der Waals surface area (Å²) in [5, 5.41) is 21.6. The van der Waals surface area contributed by atoms with E-state index in [0.717, 1.165) is 31.0 Å². The van der Waals surface area contributed by atoms with Crippen molar-refractivity contribution in [2.24, 2.45) is 11.8 Å². The summed E-state index contributed by atoms with van der Waals surface area (Å²) in [6, 6.07) is 0. The third kappa shape index (κ3) is 6.17. The van der Waals surface area contributed by atoms with E-state index in [1.165, 1.54) is 44.9 Å². The molecule has 2 unspecified atom stereocenters. The van der Waals surface area contributed by atoms with E-state index in [1.54, 1.807) is 0 Å². The lowest BCUT2D eigenvalue weighted by atomic mass is 10.0. The Morgan fingerprint density at radius 1 is 0.917 bits per heavy atom. The van der Waals surface area contributed by atoms with Crippen molar-refractivity contribution in [3.63, 3.8) is 0 Å². The molecule has 0 spiro atoms. The molecule has 1 aliphatic rings. The first-order valence-electron chi connectivity index (χ1n) is 9.16. The third-order valence-corrected chi connectivity index (χ3v) is 5.12. The first kappa shape index (κ1) is 20.5. The van der Waals surface area contributed by atoms with Crippen molar-refractivity contribution in [2.45, 2.75) is 89.6 Å². The van der Waals surface area contributed by atoms with Crippen molar-refractivity contribution >= 4 is 6.29 Å². The minimum absolute atomic E-state index is 0.308. The van der Waals surface area contributed by atoms with Gasteiger partial charge in [-0.1, -0.05) is 64.7 Å². The first-order valence-corrected chi connectivity index (χ1v) is 9.16. The van der Waals surface area contributed by atoms with Gasteiger partial charge in [-0.3, -0.25) is 25.0 Å². The lowest BCUT2D eigenvalue weighted by Crippen LogP contribution is -2.47. The molecule has 7 nitrogen and oxygen atoms in total. The van der Waals surface area contributed by atoms with Crippen molar-refractivity contribution in [3.8, 4) is 0 Å². The van der Waals surface area contributed by atoms with Gasteiger partial charge in [0, 0.05) is 0 Å². The van der Waals surface area contributed by atoms with Gasteiger partial charge in [-0.25, -0.2) is 0 Å². The summed E-state index contributed by atoms with van der Waals surface area (Å²) in [6.07, 6.45) is 12.7. The van der Waals surface area contributed by atoms with Gasteiger partial charge in [-0.05, 0) is 24.7 Å². The van der Waals surface area contributed by atoms with Gasteiger partial charge in [0.15, 0.2) is 0 Å². The summed E-state index contributed by atoms with van der Waals surface area (Å²) in [5.74, 6) is 1.73. The van der Waals surface area contributed by atoms with Crippen molar-refractivity contribution < 1.29 is 14.6 Å². The Morgan fingerprint density at radius 3 is 1.88 bits per heavy atom. The number of hydrogen-bond donors (Lipinski definition) is 0. The second kappa shape index (κ2) is 10.4. The average molecular weight is 341 g/mol. The maximum absolute atomic E-state index is 10.8. The van der Waals surface area contributed by atoms with Crippen molar-refractivity contribution in [3.05, 3.63) is 20.2 Å². The molecule has 7 heteroatoms. The highest BCUT2D eigenvalue weighted by Gasteiger charge is 2.57. The van der Waals surface area contributed by atoms with Crippen LogP contribution in [0.3, 0.4) is 0 Å². The lowest BCUT2D eigenvalue weighted by Gasteiger charge is -2.09. The van der Waals surface area contributed by atoms with Crippen LogP contribution in [0.1, 0.15) is 84.0 Å². The number of nitro groups is 2. The zero-order valence-corrected chi connectivity index (χ0v) is 14.6. The van der Waals surface area contributed by atoms with Gasteiger partial charge in [-0.2, -0.15) is 0 Å². The number of nitrogens with zero attached hydrogens (tertiary/aromatic N) is 2. The van der Waals surface area contributed by atoms with Crippen molar-refractivity contribution in [2.75, 3.05) is 0 Å². The van der Waals surface area contributed by atoms with Crippen LogP contribution in [0.5, 0.6) is 0 Å². The zero-order valence-electron chi connectivity index (χ0n) is 14.6. The van der Waals surface area contributed by atoms with Gasteiger partial charge in [0.1, 0.15) is 9.85 Å². The Balaban J connectivity index is 2.08. The van der Waals surface area contributed by atoms with E-state index < -0.39 is 15.5 Å². The van der Waals surface area contributed by atoms with E-state index in [0.29, 0.717) is 12.8 Å². The molecule has 0 heterocycles. The van der Waals surface area contributed by atoms with Crippen LogP contribution in [0.25, 0.3) is 0 Å². The Bertz CT molecular complexity index is 413. The third-order valence-electron chi connectivity index (χ3n) is 5.12. The first-order chi connectivity index (χ1) is 11.5. The monoisotopic (exact) mass is 341 g/mol. The topological polar surface area (TPSA) is 103 Å². The standard InChI is InChI=1S/C17H29N2O5/c1-2-3-4-7-10-15-13-16(15)11-8-5-6-9-12-17(14-20,18(21)22)19(23)24/h15-16H,2-13H2,1H3. The fourth-order valence-corrected chi connectivity index (χ4v) is 3.36. The minimum atomic E-state index is -2.78. The van der Waals surface area contributed by atoms with Gasteiger partial charge in [0.25, 0.3) is 0 Å². The molecule has 0 aromatic heterocycles. The molecular formula is C17H29N2O5. The van der Waals surface area contributed by atoms with E-state index in [9.17, 15) is 25.0 Å². The molecule has 1 rings (SSSR count). The predicted molar refractivity (Wildman–Crippen MR) is 90.5 cm³/mol. The molecule has 0 saturated heterocycles. The van der Waals surface area contributed by atoms with Crippen LogP contribution < -0.4 is 0 Å². The highest BCUT2D eigenvalue weighted by molar-refractivity contribution is 5.59. The molecule has 0 N–H and O–H groups in total. The SMILES string of the molecule is CCCCCCC1CC1CCCCCCC([C]=O)([N+](=O)[O-])[N+](=O)[O-]. The van der Waals surface area contributed by atoms with Crippen LogP contribution in [0.4, 0.5) is 0 Å². The second-order valence-electron chi connectivity index (χ2n) is 6.99. The summed E-state index contributed by atoms with van der Waals surface area (Å²) in [7, 11) is 0. The normalized spacial score (nSPS) is 19.9. The molecule has 1 radical (unpaired) electrons. The predicted octanol–water partition coefficient (Wildman–Crippen LogP) is 4.29. The van der Waals surface area contributed by atoms with Gasteiger partial charge in [0.2, 0.25) is 0 Å². The maximum atomic E-state index is 10.8. The molecule has 0 aromatic carbocycles. The molecule has 2 atom stereocenters. The second-order valence-corrected chi connectivity index (χ2v) is 6.99. The number of unbranched alkanes of at least 4 members (excludes halogenated alkanes) is 6. The summed E-state index contributed by atoms with van der Waals surface area (Å²) in [5.41, 5.74) is -2.78. The lowest BCUT2D eigenvalue weighted by molar-refractivity contribution is -0.772. The highest BCUT2D eigenvalue weighted by atomic mass is 16.7. The van der Waals surface area contributed by atoms with E-state index in [4.69, 9.17) is 0 Å². The Hall–Kier alpha value is -1.53. The molecule has 137 valence electrons. The largest absolute Gasteiger partial charge is 0.523 e. The maximum Gasteiger partial charge on any atom is 0.523 e. The van der Waals surface area contributed by atoms with Gasteiger partial charge >= 0.3 is 11.9 Å². The molecule has 0 amide bonds. The molecule has 1 aliphatic carbocycles. The van der Waals surface area contributed by atoms with Crippen LogP contribution in [0, 0.1) is 32.1 Å². The van der Waals surface area contributed by atoms with Gasteiger partial charge in [0.05, 0.1) is 6.42 Å². The minimum Gasteiger partial charge on any atom is -0.273 e. The van der Waals surface area contributed by atoms with Crippen LogP contribution in [0.15, 0.2) is 0 Å². The van der Waals surface area contributed by atoms with Gasteiger partial charge < -0.3 is 0 Å². The van der Waals surface area contributed by atoms with E-state index in [2.05, 4.69) is 6.92 Å². The zero-order chi connectivity index (χ0) is 18.0. The van der Waals surface area contributed by atoms with Crippen molar-refractivity contribution in [1.29, 1.82) is 0 Å². The van der Waals surface area contributed by atoms with Crippen LogP contribution in [-0.4, -0.2) is 21.8 Å². The van der Waals surface area contributed by atoms with Gasteiger partial charge in [-0.15, -0.1) is 0 Å². The summed E-state index contributed by atoms with van der Waals surface area (Å²) >= 11 is 0. The summed E-state index contributed by atoms with van der Waals surface area (Å²) in [4.78, 5) is 30.0. The Morgan fingerprint density at radius 2 is 1.42 bits per heavy atom. The molecule has 0 aromatic rings. The molecule has 24 heavy (non-hydrogen) atoms. The fourth-order valence-electron chi connectivity index (χ4n) is 3.36. The van der Waals surface area contributed by atoms with Crippen molar-refractivity contribution in [1.82, 2.24) is 0 Å². The molecule has 1 fully saturated rings. The summed E-state index contributed by atoms with van der Waals surface area (Å²) < 4.78 is 0. The number of hydrogen-bond acceptors (Lipinski definition) is 5. The Kier molecular flexibility index (Phi) is 8.85. The van der Waals surface area contributed by atoms with E-state index in [-0.39, 0.29) is 6.42 Å². The van der Waals surface area contributed by atoms with Crippen LogP contribution in [0.2, 0.25) is 0 Å². The highest BCUT2D eigenvalue weighted by Crippen LogP contribution is 2.45. The van der Waals surface area contributed by atoms with Crippen LogP contribution >= 0.6 is 0 Å². The molecule has 0 aliphatic heterocycles. The van der Waals surface area contributed by atoms with Crippen LogP contribution in [-0.2, 0) is 4.79 Å². The average Bonchev–Trinajstić information content (AvgIpc) is 3.29. The Labute approximate surface area is 143 Å². The summed E-state index contributed by atoms with van der Waals surface area (Å²) in [6.45, 7) is 2.22. The molecule has 1 saturated carbocycles. The molecular weight excluding hydrogens is 312 g/mol. The van der Waals surface area contributed by atoms with E-state index >= 15 is 0 Å².